The number of methoxy groups -OCH3 is 1. The van der Waals surface area contributed by atoms with Crippen molar-refractivity contribution < 1.29 is 49.3 Å². The summed E-state index contributed by atoms with van der Waals surface area (Å²) < 4.78 is 16.7. The van der Waals surface area contributed by atoms with Crippen molar-refractivity contribution in [3.63, 3.8) is 0 Å². The highest BCUT2D eigenvalue weighted by Crippen LogP contribution is 2.61. The van der Waals surface area contributed by atoms with Gasteiger partial charge in [0.05, 0.1) is 19.6 Å². The first kappa shape index (κ1) is 21.9. The number of aliphatic hydroxyl groups is 2. The van der Waals surface area contributed by atoms with Crippen LogP contribution < -0.4 is 9.47 Å². The zero-order valence-corrected chi connectivity index (χ0v) is 18.4. The fourth-order valence-electron chi connectivity index (χ4n) is 6.16. The molecule has 35 heavy (non-hydrogen) atoms. The molecule has 1 saturated heterocycles. The van der Waals surface area contributed by atoms with Crippen LogP contribution in [0.4, 0.5) is 0 Å². The zero-order valence-electron chi connectivity index (χ0n) is 18.4. The number of carbonyl (C=O) groups is 2. The third-order valence-electron chi connectivity index (χ3n) is 7.62. The summed E-state index contributed by atoms with van der Waals surface area (Å²) in [5.74, 6) is -6.84. The molecule has 2 aromatic carbocycles. The number of fused-ring (bicyclic) bond motifs is 1. The van der Waals surface area contributed by atoms with Gasteiger partial charge < -0.3 is 39.7 Å². The molecule has 1 saturated carbocycles. The monoisotopic (exact) mass is 482 g/mol. The van der Waals surface area contributed by atoms with Crippen LogP contribution in [0.15, 0.2) is 42.0 Å². The molecule has 10 nitrogen and oxygen atoms in total. The molecule has 2 fully saturated rings. The van der Waals surface area contributed by atoms with Gasteiger partial charge >= 0.3 is 0 Å². The van der Waals surface area contributed by atoms with E-state index in [4.69, 9.17) is 14.2 Å². The number of aromatic hydroxyl groups is 3. The smallest absolute Gasteiger partial charge is 0.234 e. The number of rotatable bonds is 3. The molecule has 0 amide bonds. The van der Waals surface area contributed by atoms with Gasteiger partial charge in [0.15, 0.2) is 29.5 Å². The van der Waals surface area contributed by atoms with Crippen LogP contribution >= 0.6 is 0 Å². The SMILES string of the molecule is COc1cc([C@H]2[C@@H]3CO[C@]4(O)C(=O)[C@@H]2C=C([C@@H]2Oc5cc(O)cc(O)c5C(=O)[C@H]2O)[C@H]34)ccc1O. The van der Waals surface area contributed by atoms with Gasteiger partial charge in [-0.05, 0) is 23.3 Å². The Morgan fingerprint density at radius 2 is 1.86 bits per heavy atom. The van der Waals surface area contributed by atoms with E-state index >= 15 is 0 Å². The third kappa shape index (κ3) is 2.81. The first-order valence-electron chi connectivity index (χ1n) is 11.1. The molecule has 182 valence electrons. The van der Waals surface area contributed by atoms with E-state index in [9.17, 15) is 35.1 Å². The van der Waals surface area contributed by atoms with Crippen molar-refractivity contribution in [2.24, 2.45) is 17.8 Å². The topological polar surface area (TPSA) is 163 Å². The van der Waals surface area contributed by atoms with E-state index in [1.165, 1.54) is 13.2 Å². The summed E-state index contributed by atoms with van der Waals surface area (Å²) >= 11 is 0. The molecular weight excluding hydrogens is 460 g/mol. The van der Waals surface area contributed by atoms with Gasteiger partial charge in [0.2, 0.25) is 11.6 Å². The second kappa shape index (κ2) is 7.20. The Hall–Kier alpha value is -3.60. The molecule has 0 spiro atoms. The molecule has 0 radical (unpaired) electrons. The molecule has 0 aromatic heterocycles. The van der Waals surface area contributed by atoms with E-state index in [1.54, 1.807) is 18.2 Å². The summed E-state index contributed by atoms with van der Waals surface area (Å²) in [6, 6.07) is 6.91. The molecule has 7 rings (SSSR count). The van der Waals surface area contributed by atoms with Crippen molar-refractivity contribution in [1.29, 1.82) is 0 Å². The molecule has 2 aliphatic heterocycles. The summed E-state index contributed by atoms with van der Waals surface area (Å²) in [5.41, 5.74) is 0.796. The van der Waals surface area contributed by atoms with E-state index in [2.05, 4.69) is 0 Å². The Bertz CT molecular complexity index is 1320. The first-order valence-corrected chi connectivity index (χ1v) is 11.1. The van der Waals surface area contributed by atoms with Gasteiger partial charge in [0.1, 0.15) is 22.8 Å². The number of ketones is 2. The molecule has 2 heterocycles. The van der Waals surface area contributed by atoms with Gasteiger partial charge in [0, 0.05) is 29.9 Å². The number of Topliss-reactive ketones (excluding diaryl/α,β-unsaturated/α-hetero) is 2. The lowest BCUT2D eigenvalue weighted by molar-refractivity contribution is -0.206. The van der Waals surface area contributed by atoms with Crippen molar-refractivity contribution in [3.8, 4) is 28.7 Å². The minimum atomic E-state index is -2.13. The Balaban J connectivity index is 1.46. The van der Waals surface area contributed by atoms with Gasteiger partial charge in [-0.1, -0.05) is 12.1 Å². The third-order valence-corrected chi connectivity index (χ3v) is 7.62. The number of hydrogen-bond acceptors (Lipinski definition) is 10. The molecule has 0 unspecified atom stereocenters. The molecular formula is C25H22O10. The summed E-state index contributed by atoms with van der Waals surface area (Å²) in [6.07, 6.45) is -1.37. The van der Waals surface area contributed by atoms with E-state index in [0.29, 0.717) is 11.1 Å². The van der Waals surface area contributed by atoms with Crippen LogP contribution in [0.25, 0.3) is 0 Å². The van der Waals surface area contributed by atoms with E-state index in [-0.39, 0.29) is 35.2 Å². The maximum absolute atomic E-state index is 13.3. The molecule has 3 aliphatic carbocycles. The normalized spacial score (nSPS) is 34.9. The second-order valence-corrected chi connectivity index (χ2v) is 9.35. The number of benzene rings is 2. The highest BCUT2D eigenvalue weighted by atomic mass is 16.6. The predicted octanol–water partition coefficient (Wildman–Crippen LogP) is 0.990. The average Bonchev–Trinajstić information content (AvgIpc) is 3.14. The van der Waals surface area contributed by atoms with Gasteiger partial charge in [-0.15, -0.1) is 0 Å². The first-order chi connectivity index (χ1) is 16.7. The Morgan fingerprint density at radius 1 is 1.09 bits per heavy atom. The number of allylic oxidation sites excluding steroid dienone is 1. The van der Waals surface area contributed by atoms with Crippen molar-refractivity contribution >= 4 is 11.6 Å². The summed E-state index contributed by atoms with van der Waals surface area (Å²) in [6.45, 7) is 0.0452. The number of ether oxygens (including phenoxy) is 3. The standard InChI is InChI=1S/C25H22O10/c1-33-16-4-9(2-3-14(16)27)18-11-7-12(20-13(18)8-34-25(20,32)24(11)31)23-22(30)21(29)19-15(28)5-10(26)6-17(19)35-23/h2-7,11,13,18,20,22-23,26-28,30,32H,8H2,1H3/t11-,13+,18-,20-,22-,23+,25+/m1/s1. The number of hydrogen-bond donors (Lipinski definition) is 5. The van der Waals surface area contributed by atoms with E-state index in [0.717, 1.165) is 12.1 Å². The molecule has 5 aliphatic rings. The van der Waals surface area contributed by atoms with Gasteiger partial charge in [0.25, 0.3) is 0 Å². The molecule has 2 aromatic rings. The fraction of sp³-hybridized carbons (Fsp3) is 0.360. The number of phenols is 3. The largest absolute Gasteiger partial charge is 0.508 e. The lowest BCUT2D eigenvalue weighted by Gasteiger charge is -2.50. The van der Waals surface area contributed by atoms with Crippen LogP contribution in [0.2, 0.25) is 0 Å². The zero-order chi connectivity index (χ0) is 24.8. The van der Waals surface area contributed by atoms with Crippen LogP contribution in [0.5, 0.6) is 28.7 Å². The fourth-order valence-corrected chi connectivity index (χ4v) is 6.16. The van der Waals surface area contributed by atoms with Gasteiger partial charge in [-0.3, -0.25) is 9.59 Å². The van der Waals surface area contributed by atoms with Crippen LogP contribution in [-0.4, -0.2) is 68.8 Å². The van der Waals surface area contributed by atoms with Crippen molar-refractivity contribution in [3.05, 3.63) is 53.1 Å². The maximum atomic E-state index is 13.3. The van der Waals surface area contributed by atoms with Crippen molar-refractivity contribution in [2.75, 3.05) is 13.7 Å². The van der Waals surface area contributed by atoms with Crippen LogP contribution in [0.3, 0.4) is 0 Å². The summed E-state index contributed by atoms with van der Waals surface area (Å²) in [7, 11) is 1.42. The van der Waals surface area contributed by atoms with Gasteiger partial charge in [-0.25, -0.2) is 0 Å². The average molecular weight is 482 g/mol. The highest BCUT2D eigenvalue weighted by Gasteiger charge is 2.69. The highest BCUT2D eigenvalue weighted by molar-refractivity contribution is 6.06. The molecule has 10 heteroatoms. The Labute approximate surface area is 198 Å². The number of phenolic OH excluding ortho intramolecular Hbond substituents is 3. The number of carbonyl (C=O) groups excluding carboxylic acids is 2. The lowest BCUT2D eigenvalue weighted by atomic mass is 9.55. The van der Waals surface area contributed by atoms with Crippen LogP contribution in [0.1, 0.15) is 21.8 Å². The lowest BCUT2D eigenvalue weighted by Crippen LogP contribution is -2.60. The molecule has 7 atom stereocenters. The quantitative estimate of drug-likeness (QED) is 0.399. The maximum Gasteiger partial charge on any atom is 0.234 e. The van der Waals surface area contributed by atoms with E-state index < -0.39 is 59.0 Å². The molecule has 4 bridgehead atoms. The minimum absolute atomic E-state index is 0.0452. The molecule has 5 N–H and O–H groups in total. The number of aliphatic hydroxyl groups excluding tert-OH is 1. The minimum Gasteiger partial charge on any atom is -0.508 e. The second-order valence-electron chi connectivity index (χ2n) is 9.35. The summed E-state index contributed by atoms with van der Waals surface area (Å²) in [5, 5.41) is 52.0. The predicted molar refractivity (Wildman–Crippen MR) is 116 cm³/mol. The Morgan fingerprint density at radius 3 is 2.60 bits per heavy atom. The van der Waals surface area contributed by atoms with Crippen LogP contribution in [-0.2, 0) is 9.53 Å². The van der Waals surface area contributed by atoms with E-state index in [1.807, 2.05) is 0 Å². The van der Waals surface area contributed by atoms with Crippen molar-refractivity contribution in [1.82, 2.24) is 0 Å². The van der Waals surface area contributed by atoms with Crippen molar-refractivity contribution in [2.45, 2.75) is 23.9 Å². The Kier molecular flexibility index (Phi) is 4.51. The summed E-state index contributed by atoms with van der Waals surface area (Å²) in [4.78, 5) is 26.2. The van der Waals surface area contributed by atoms with Gasteiger partial charge in [-0.2, -0.15) is 0 Å². The van der Waals surface area contributed by atoms with Crippen LogP contribution in [0, 0.1) is 17.8 Å².